The molecule has 0 saturated heterocycles. The van der Waals surface area contributed by atoms with Crippen molar-refractivity contribution in [3.8, 4) is 5.75 Å². The van der Waals surface area contributed by atoms with Gasteiger partial charge < -0.3 is 18.9 Å². The molecule has 6 heteroatoms. The lowest BCUT2D eigenvalue weighted by atomic mass is 10.1. The quantitative estimate of drug-likeness (QED) is 0.421. The van der Waals surface area contributed by atoms with Gasteiger partial charge in [-0.05, 0) is 18.2 Å². The monoisotopic (exact) mass is 268 g/mol. The Kier molecular flexibility index (Phi) is 5.98. The van der Waals surface area contributed by atoms with E-state index in [4.69, 9.17) is 14.2 Å². The largest absolute Gasteiger partial charge is 0.488 e. The molecule has 19 heavy (non-hydrogen) atoms. The van der Waals surface area contributed by atoms with Crippen LogP contribution in [0, 0.1) is 0 Å². The molecule has 0 bridgehead atoms. The summed E-state index contributed by atoms with van der Waals surface area (Å²) in [5.41, 5.74) is 0.542. The number of methoxy groups -OCH3 is 3. The Hall–Kier alpha value is -1.92. The fourth-order valence-electron chi connectivity index (χ4n) is 1.41. The maximum Gasteiger partial charge on any atom is 0.337 e. The fraction of sp³-hybridized carbons (Fsp3) is 0.385. The first kappa shape index (κ1) is 15.1. The lowest BCUT2D eigenvalue weighted by Gasteiger charge is -2.15. The van der Waals surface area contributed by atoms with Gasteiger partial charge >= 0.3 is 5.97 Å². The van der Waals surface area contributed by atoms with Gasteiger partial charge in [0.25, 0.3) is 0 Å². The Balaban J connectivity index is 2.84. The summed E-state index contributed by atoms with van der Waals surface area (Å²) in [5, 5.41) is 0. The zero-order chi connectivity index (χ0) is 14.3. The van der Waals surface area contributed by atoms with Gasteiger partial charge in [0.2, 0.25) is 0 Å². The molecular weight excluding hydrogens is 252 g/mol. The third-order valence-corrected chi connectivity index (χ3v) is 2.46. The number of carbonyl (C=O) groups is 2. The van der Waals surface area contributed by atoms with Gasteiger partial charge in [-0.15, -0.1) is 0 Å². The summed E-state index contributed by atoms with van der Waals surface area (Å²) in [5.74, 6) is -0.164. The molecule has 0 aliphatic carbocycles. The van der Waals surface area contributed by atoms with Crippen LogP contribution in [0.15, 0.2) is 18.2 Å². The molecule has 1 aromatic carbocycles. The Morgan fingerprint density at radius 3 is 2.47 bits per heavy atom. The van der Waals surface area contributed by atoms with E-state index in [1.807, 2.05) is 0 Å². The predicted octanol–water partition coefficient (Wildman–Crippen LogP) is 1.28. The minimum atomic E-state index is -0.528. The first-order valence-electron chi connectivity index (χ1n) is 5.52. The average Bonchev–Trinajstić information content (AvgIpc) is 2.47. The number of ether oxygens (including phenoxy) is 4. The van der Waals surface area contributed by atoms with E-state index >= 15 is 0 Å². The minimum absolute atomic E-state index is 0.130. The summed E-state index contributed by atoms with van der Waals surface area (Å²) >= 11 is 0. The molecule has 0 amide bonds. The van der Waals surface area contributed by atoms with Crippen molar-refractivity contribution in [2.24, 2.45) is 0 Å². The van der Waals surface area contributed by atoms with Crippen LogP contribution >= 0.6 is 0 Å². The number of esters is 1. The van der Waals surface area contributed by atoms with Crippen LogP contribution in [0.3, 0.4) is 0 Å². The summed E-state index contributed by atoms with van der Waals surface area (Å²) < 4.78 is 19.9. The van der Waals surface area contributed by atoms with Crippen molar-refractivity contribution in [3.05, 3.63) is 29.3 Å². The van der Waals surface area contributed by atoms with Crippen LogP contribution in [-0.4, -0.2) is 46.5 Å². The molecule has 0 spiro atoms. The van der Waals surface area contributed by atoms with Gasteiger partial charge in [0.1, 0.15) is 12.4 Å². The maximum absolute atomic E-state index is 11.3. The Morgan fingerprint density at radius 2 is 1.95 bits per heavy atom. The molecule has 1 rings (SSSR count). The molecule has 1 aromatic rings. The van der Waals surface area contributed by atoms with Crippen molar-refractivity contribution in [3.63, 3.8) is 0 Å². The van der Waals surface area contributed by atoms with Gasteiger partial charge in [0.15, 0.2) is 12.6 Å². The molecule has 0 atom stereocenters. The van der Waals surface area contributed by atoms with E-state index in [-0.39, 0.29) is 17.7 Å². The zero-order valence-corrected chi connectivity index (χ0v) is 11.0. The van der Waals surface area contributed by atoms with Gasteiger partial charge in [-0.2, -0.15) is 0 Å². The second-order valence-corrected chi connectivity index (χ2v) is 3.57. The van der Waals surface area contributed by atoms with Crippen molar-refractivity contribution in [1.82, 2.24) is 0 Å². The highest BCUT2D eigenvalue weighted by Crippen LogP contribution is 2.19. The van der Waals surface area contributed by atoms with Crippen molar-refractivity contribution in [2.45, 2.75) is 6.29 Å². The molecule has 104 valence electrons. The fourth-order valence-corrected chi connectivity index (χ4v) is 1.41. The summed E-state index contributed by atoms with van der Waals surface area (Å²) in [6.07, 6.45) is 0.0795. The predicted molar refractivity (Wildman–Crippen MR) is 66.5 cm³/mol. The average molecular weight is 268 g/mol. The van der Waals surface area contributed by atoms with Crippen LogP contribution < -0.4 is 4.74 Å². The van der Waals surface area contributed by atoms with Crippen LogP contribution in [-0.2, 0) is 14.2 Å². The molecule has 0 aliphatic rings. The van der Waals surface area contributed by atoms with E-state index in [1.165, 1.54) is 39.5 Å². The number of benzene rings is 1. The molecule has 6 nitrogen and oxygen atoms in total. The molecule has 0 heterocycles. The molecule has 0 saturated carbocycles. The van der Waals surface area contributed by atoms with Crippen LogP contribution in [0.25, 0.3) is 0 Å². The normalized spacial score (nSPS) is 10.3. The summed E-state index contributed by atoms with van der Waals surface area (Å²) in [6, 6.07) is 4.45. The number of carbonyl (C=O) groups excluding carboxylic acids is 2. The standard InChI is InChI=1S/C13H16O6/c1-16-12(17-2)8-19-11-5-4-9(13(15)18-3)6-10(11)7-14/h4-7,12H,8H2,1-3H3. The SMILES string of the molecule is COC(=O)c1ccc(OCC(OC)OC)c(C=O)c1. The second kappa shape index (κ2) is 7.50. The van der Waals surface area contributed by atoms with E-state index in [1.54, 1.807) is 0 Å². The van der Waals surface area contributed by atoms with E-state index in [2.05, 4.69) is 4.74 Å². The molecule has 0 unspecified atom stereocenters. The second-order valence-electron chi connectivity index (χ2n) is 3.57. The molecule has 0 radical (unpaired) electrons. The Morgan fingerprint density at radius 1 is 1.26 bits per heavy atom. The summed E-state index contributed by atoms with van der Waals surface area (Å²) in [4.78, 5) is 22.3. The van der Waals surface area contributed by atoms with Crippen LogP contribution in [0.5, 0.6) is 5.75 Å². The van der Waals surface area contributed by atoms with Gasteiger partial charge in [-0.1, -0.05) is 0 Å². The van der Waals surface area contributed by atoms with E-state index in [0.717, 1.165) is 0 Å². The lowest BCUT2D eigenvalue weighted by Crippen LogP contribution is -2.22. The van der Waals surface area contributed by atoms with Crippen molar-refractivity contribution in [1.29, 1.82) is 0 Å². The Labute approximate surface area is 111 Å². The third-order valence-electron chi connectivity index (χ3n) is 2.46. The highest BCUT2D eigenvalue weighted by molar-refractivity contribution is 5.92. The van der Waals surface area contributed by atoms with Gasteiger partial charge in [0.05, 0.1) is 18.2 Å². The maximum atomic E-state index is 11.3. The van der Waals surface area contributed by atoms with Crippen LogP contribution in [0.4, 0.5) is 0 Å². The van der Waals surface area contributed by atoms with Crippen molar-refractivity contribution in [2.75, 3.05) is 27.9 Å². The van der Waals surface area contributed by atoms with Crippen molar-refractivity contribution < 1.29 is 28.5 Å². The zero-order valence-electron chi connectivity index (χ0n) is 11.0. The smallest absolute Gasteiger partial charge is 0.337 e. The summed E-state index contributed by atoms with van der Waals surface area (Å²) in [6.45, 7) is 0.130. The first-order valence-corrected chi connectivity index (χ1v) is 5.52. The number of hydrogen-bond donors (Lipinski definition) is 0. The molecule has 0 fully saturated rings. The molecule has 0 N–H and O–H groups in total. The van der Waals surface area contributed by atoms with Gasteiger partial charge in [-0.3, -0.25) is 4.79 Å². The Bertz CT molecular complexity index is 439. The molecule has 0 aromatic heterocycles. The van der Waals surface area contributed by atoms with E-state index in [9.17, 15) is 9.59 Å². The van der Waals surface area contributed by atoms with Gasteiger partial charge in [-0.25, -0.2) is 4.79 Å². The van der Waals surface area contributed by atoms with Gasteiger partial charge in [0, 0.05) is 14.2 Å². The van der Waals surface area contributed by atoms with Crippen LogP contribution in [0.2, 0.25) is 0 Å². The topological polar surface area (TPSA) is 71.1 Å². The highest BCUT2D eigenvalue weighted by atomic mass is 16.7. The van der Waals surface area contributed by atoms with Crippen LogP contribution in [0.1, 0.15) is 20.7 Å². The first-order chi connectivity index (χ1) is 9.15. The highest BCUT2D eigenvalue weighted by Gasteiger charge is 2.12. The van der Waals surface area contributed by atoms with Crippen molar-refractivity contribution >= 4 is 12.3 Å². The number of aldehydes is 1. The number of rotatable bonds is 7. The third kappa shape index (κ3) is 4.04. The van der Waals surface area contributed by atoms with E-state index < -0.39 is 12.3 Å². The molecule has 0 aliphatic heterocycles. The summed E-state index contributed by atoms with van der Waals surface area (Å²) in [7, 11) is 4.24. The van der Waals surface area contributed by atoms with E-state index in [0.29, 0.717) is 12.0 Å². The lowest BCUT2D eigenvalue weighted by molar-refractivity contribution is -0.122. The molecular formula is C13H16O6. The minimum Gasteiger partial charge on any atom is -0.488 e. The number of hydrogen-bond acceptors (Lipinski definition) is 6.